The lowest BCUT2D eigenvalue weighted by Crippen LogP contribution is -2.49. The molecule has 0 saturated heterocycles. The summed E-state index contributed by atoms with van der Waals surface area (Å²) in [5, 5.41) is 8.84. The van der Waals surface area contributed by atoms with Crippen LogP contribution in [-0.4, -0.2) is 25.0 Å². The van der Waals surface area contributed by atoms with Crippen molar-refractivity contribution in [3.05, 3.63) is 29.3 Å². The van der Waals surface area contributed by atoms with E-state index in [9.17, 15) is 39.6 Å². The molecule has 0 spiro atoms. The SMILES string of the molecule is CC(C)(NS(=O)(=O)c1cc(C(F)(F)F)ccc1C(F)(F)F)C(=O)O. The third kappa shape index (κ3) is 4.38. The Bertz CT molecular complexity index is 752. The van der Waals surface area contributed by atoms with Gasteiger partial charge >= 0.3 is 18.3 Å². The van der Waals surface area contributed by atoms with E-state index >= 15 is 0 Å². The first kappa shape index (κ1) is 20.2. The zero-order valence-electron chi connectivity index (χ0n) is 12.1. The van der Waals surface area contributed by atoms with E-state index < -0.39 is 49.9 Å². The van der Waals surface area contributed by atoms with Crippen molar-refractivity contribution in [2.75, 3.05) is 0 Å². The molecular formula is C12H11F6NO4S. The van der Waals surface area contributed by atoms with E-state index in [-0.39, 0.29) is 18.2 Å². The van der Waals surface area contributed by atoms with E-state index in [0.29, 0.717) is 0 Å². The predicted molar refractivity (Wildman–Crippen MR) is 68.5 cm³/mol. The number of benzene rings is 1. The number of halogens is 6. The molecule has 24 heavy (non-hydrogen) atoms. The first-order valence-corrected chi connectivity index (χ1v) is 7.52. The van der Waals surface area contributed by atoms with Crippen molar-refractivity contribution in [1.82, 2.24) is 4.72 Å². The Morgan fingerprint density at radius 3 is 1.92 bits per heavy atom. The summed E-state index contributed by atoms with van der Waals surface area (Å²) in [4.78, 5) is 9.20. The van der Waals surface area contributed by atoms with E-state index in [0.717, 1.165) is 13.8 Å². The molecule has 0 aromatic heterocycles. The molecule has 0 atom stereocenters. The van der Waals surface area contributed by atoms with Gasteiger partial charge in [-0.3, -0.25) is 4.79 Å². The smallest absolute Gasteiger partial charge is 0.417 e. The average molecular weight is 379 g/mol. The van der Waals surface area contributed by atoms with Gasteiger partial charge in [-0.1, -0.05) is 0 Å². The minimum atomic E-state index is -5.26. The number of carboxylic acid groups (broad SMARTS) is 1. The third-order valence-corrected chi connectivity index (χ3v) is 4.52. The maximum atomic E-state index is 12.9. The van der Waals surface area contributed by atoms with E-state index in [4.69, 9.17) is 5.11 Å². The van der Waals surface area contributed by atoms with Gasteiger partial charge in [-0.25, -0.2) is 8.42 Å². The molecule has 2 N–H and O–H groups in total. The molecule has 12 heteroatoms. The van der Waals surface area contributed by atoms with E-state index in [1.54, 1.807) is 0 Å². The molecular weight excluding hydrogens is 368 g/mol. The van der Waals surface area contributed by atoms with Gasteiger partial charge in [0.25, 0.3) is 0 Å². The van der Waals surface area contributed by atoms with Gasteiger partial charge < -0.3 is 5.11 Å². The maximum absolute atomic E-state index is 12.9. The summed E-state index contributed by atoms with van der Waals surface area (Å²) in [5.41, 5.74) is -5.70. The molecule has 0 bridgehead atoms. The second-order valence-corrected chi connectivity index (χ2v) is 6.89. The van der Waals surface area contributed by atoms with Crippen molar-refractivity contribution in [3.8, 4) is 0 Å². The highest BCUT2D eigenvalue weighted by Crippen LogP contribution is 2.38. The third-order valence-electron chi connectivity index (χ3n) is 2.83. The van der Waals surface area contributed by atoms with E-state index in [1.807, 2.05) is 0 Å². The fourth-order valence-corrected chi connectivity index (χ4v) is 3.21. The van der Waals surface area contributed by atoms with Crippen LogP contribution in [0.3, 0.4) is 0 Å². The van der Waals surface area contributed by atoms with Crippen molar-refractivity contribution in [1.29, 1.82) is 0 Å². The van der Waals surface area contributed by atoms with Gasteiger partial charge in [0.2, 0.25) is 10.0 Å². The molecule has 1 aromatic carbocycles. The molecule has 0 unspecified atom stereocenters. The Balaban J connectivity index is 3.62. The van der Waals surface area contributed by atoms with Crippen LogP contribution in [0.2, 0.25) is 0 Å². The number of nitrogens with one attached hydrogen (secondary N) is 1. The number of carbonyl (C=O) groups is 1. The second kappa shape index (κ2) is 5.92. The van der Waals surface area contributed by atoms with Crippen LogP contribution in [0.5, 0.6) is 0 Å². The molecule has 0 amide bonds. The number of rotatable bonds is 4. The molecule has 1 aromatic rings. The molecule has 1 rings (SSSR count). The first-order valence-electron chi connectivity index (χ1n) is 6.04. The largest absolute Gasteiger partial charge is 0.480 e. The molecule has 0 aliphatic rings. The van der Waals surface area contributed by atoms with E-state index in [1.165, 1.54) is 4.72 Å². The van der Waals surface area contributed by atoms with Crippen LogP contribution in [0.4, 0.5) is 26.3 Å². The first-order chi connectivity index (χ1) is 10.5. The Morgan fingerprint density at radius 2 is 1.54 bits per heavy atom. The molecule has 0 fully saturated rings. The fourth-order valence-electron chi connectivity index (χ4n) is 1.59. The highest BCUT2D eigenvalue weighted by Gasteiger charge is 2.42. The lowest BCUT2D eigenvalue weighted by Gasteiger charge is -2.23. The van der Waals surface area contributed by atoms with Gasteiger partial charge in [0.05, 0.1) is 16.0 Å². The van der Waals surface area contributed by atoms with Crippen LogP contribution in [0.1, 0.15) is 25.0 Å². The Morgan fingerprint density at radius 1 is 1.04 bits per heavy atom. The Kier molecular flexibility index (Phi) is 4.99. The van der Waals surface area contributed by atoms with Gasteiger partial charge in [-0.05, 0) is 32.0 Å². The number of sulfonamides is 1. The minimum absolute atomic E-state index is 0.0227. The Labute approximate surface area is 132 Å². The molecule has 136 valence electrons. The number of hydrogen-bond donors (Lipinski definition) is 2. The summed E-state index contributed by atoms with van der Waals surface area (Å²) < 4.78 is 102. The van der Waals surface area contributed by atoms with Crippen LogP contribution in [0, 0.1) is 0 Å². The highest BCUT2D eigenvalue weighted by molar-refractivity contribution is 7.89. The van der Waals surface area contributed by atoms with Crippen LogP contribution in [0.25, 0.3) is 0 Å². The summed E-state index contributed by atoms with van der Waals surface area (Å²) in [6, 6.07) is -0.127. The lowest BCUT2D eigenvalue weighted by molar-refractivity contribution is -0.143. The molecule has 0 aliphatic carbocycles. The zero-order chi connectivity index (χ0) is 19.1. The topological polar surface area (TPSA) is 83.5 Å². The summed E-state index contributed by atoms with van der Waals surface area (Å²) in [6.45, 7) is 1.65. The fraction of sp³-hybridized carbons (Fsp3) is 0.417. The summed E-state index contributed by atoms with van der Waals surface area (Å²) >= 11 is 0. The van der Waals surface area contributed by atoms with Crippen molar-refractivity contribution in [3.63, 3.8) is 0 Å². The van der Waals surface area contributed by atoms with E-state index in [2.05, 4.69) is 0 Å². The summed E-state index contributed by atoms with van der Waals surface area (Å²) in [6.07, 6.45) is -10.3. The van der Waals surface area contributed by atoms with Gasteiger partial charge in [0.15, 0.2) is 0 Å². The highest BCUT2D eigenvalue weighted by atomic mass is 32.2. The standard InChI is InChI=1S/C12H11F6NO4S/c1-10(2,9(20)21)19-24(22,23)8-5-6(11(13,14)15)3-4-7(8)12(16,17)18/h3-5,19H,1-2H3,(H,20,21). The van der Waals surface area contributed by atoms with Crippen molar-refractivity contribution in [2.45, 2.75) is 36.6 Å². The maximum Gasteiger partial charge on any atom is 0.417 e. The zero-order valence-corrected chi connectivity index (χ0v) is 12.9. The number of alkyl halides is 6. The summed E-state index contributed by atoms with van der Waals surface area (Å²) in [7, 11) is -5.21. The average Bonchev–Trinajstić information content (AvgIpc) is 2.34. The van der Waals surface area contributed by atoms with Crippen molar-refractivity contribution >= 4 is 16.0 Å². The summed E-state index contributed by atoms with van der Waals surface area (Å²) in [5.74, 6) is -1.73. The molecule has 0 aliphatic heterocycles. The monoisotopic (exact) mass is 379 g/mol. The number of aliphatic carboxylic acids is 1. The predicted octanol–water partition coefficient (Wildman–Crippen LogP) is 2.87. The van der Waals surface area contributed by atoms with Gasteiger partial charge in [-0.15, -0.1) is 0 Å². The van der Waals surface area contributed by atoms with Crippen molar-refractivity contribution < 1.29 is 44.7 Å². The molecule has 0 radical (unpaired) electrons. The van der Waals surface area contributed by atoms with Crippen LogP contribution >= 0.6 is 0 Å². The second-order valence-electron chi connectivity index (χ2n) is 5.24. The molecule has 0 heterocycles. The lowest BCUT2D eigenvalue weighted by atomic mass is 10.1. The van der Waals surface area contributed by atoms with Crippen molar-refractivity contribution in [2.24, 2.45) is 0 Å². The van der Waals surface area contributed by atoms with Gasteiger partial charge in [0, 0.05) is 0 Å². The van der Waals surface area contributed by atoms with Gasteiger partial charge in [-0.2, -0.15) is 31.1 Å². The molecule has 0 saturated carbocycles. The normalized spacial score (nSPS) is 13.8. The van der Waals surface area contributed by atoms with Crippen LogP contribution < -0.4 is 4.72 Å². The minimum Gasteiger partial charge on any atom is -0.480 e. The number of carboxylic acids is 1. The van der Waals surface area contributed by atoms with Gasteiger partial charge in [0.1, 0.15) is 5.54 Å². The molecule has 5 nitrogen and oxygen atoms in total. The quantitative estimate of drug-likeness (QED) is 0.788. The Hall–Kier alpha value is -1.82. The number of hydrogen-bond acceptors (Lipinski definition) is 3. The van der Waals surface area contributed by atoms with Crippen LogP contribution in [0.15, 0.2) is 23.1 Å². The van der Waals surface area contributed by atoms with Crippen LogP contribution in [-0.2, 0) is 27.2 Å².